The van der Waals surface area contributed by atoms with Gasteiger partial charge in [-0.3, -0.25) is 9.69 Å². The zero-order valence-corrected chi connectivity index (χ0v) is 12.9. The molecule has 3 rings (SSSR count). The van der Waals surface area contributed by atoms with E-state index in [1.807, 2.05) is 0 Å². The Morgan fingerprint density at radius 1 is 1.43 bits per heavy atom. The molecule has 0 unspecified atom stereocenters. The van der Waals surface area contributed by atoms with E-state index >= 15 is 0 Å². The highest BCUT2D eigenvalue weighted by Gasteiger charge is 2.20. The Labute approximate surface area is 125 Å². The van der Waals surface area contributed by atoms with Crippen molar-refractivity contribution in [3.8, 4) is 0 Å². The minimum Gasteiger partial charge on any atom is -0.465 e. The Morgan fingerprint density at radius 3 is 2.81 bits per heavy atom. The first-order valence-electron chi connectivity index (χ1n) is 6.93. The Balaban J connectivity index is 2.03. The molecule has 3 heterocycles. The smallest absolute Gasteiger partial charge is 0.348 e. The summed E-state index contributed by atoms with van der Waals surface area (Å²) in [5.74, 6) is 0.239. The minimum atomic E-state index is -0.420. The van der Waals surface area contributed by atoms with Crippen molar-refractivity contribution >= 4 is 27.5 Å². The molecular formula is C14H17N3O3S. The van der Waals surface area contributed by atoms with Gasteiger partial charge in [0.05, 0.1) is 19.0 Å². The molecule has 21 heavy (non-hydrogen) atoms. The second-order valence-corrected chi connectivity index (χ2v) is 6.22. The lowest BCUT2D eigenvalue weighted by Crippen LogP contribution is -2.22. The first kappa shape index (κ1) is 14.2. The fraction of sp³-hybridized carbons (Fsp3) is 0.500. The molecule has 1 fully saturated rings. The number of carbonyl (C=O) groups excluding carboxylic acids is 1. The van der Waals surface area contributed by atoms with Crippen LogP contribution >= 0.6 is 11.3 Å². The van der Waals surface area contributed by atoms with Crippen LogP contribution in [0.5, 0.6) is 0 Å². The number of aromatic nitrogens is 2. The summed E-state index contributed by atoms with van der Waals surface area (Å²) in [6.07, 6.45) is 2.38. The molecule has 0 bridgehead atoms. The first-order valence-corrected chi connectivity index (χ1v) is 7.74. The second-order valence-electron chi connectivity index (χ2n) is 5.22. The van der Waals surface area contributed by atoms with E-state index in [1.54, 1.807) is 6.92 Å². The molecule has 2 aromatic rings. The third kappa shape index (κ3) is 2.58. The van der Waals surface area contributed by atoms with Gasteiger partial charge >= 0.3 is 5.97 Å². The SMILES string of the molecule is COC(=O)c1sc2nc(CN3CCCC3)[nH]c(=O)c2c1C. The number of aromatic amines is 1. The number of likely N-dealkylation sites (tertiary alicyclic amines) is 1. The van der Waals surface area contributed by atoms with Crippen molar-refractivity contribution in [2.75, 3.05) is 20.2 Å². The zero-order valence-electron chi connectivity index (χ0n) is 12.1. The van der Waals surface area contributed by atoms with E-state index in [0.29, 0.717) is 33.0 Å². The number of ether oxygens (including phenoxy) is 1. The maximum absolute atomic E-state index is 12.3. The van der Waals surface area contributed by atoms with Crippen molar-refractivity contribution in [2.45, 2.75) is 26.3 Å². The van der Waals surface area contributed by atoms with Gasteiger partial charge in [-0.2, -0.15) is 0 Å². The van der Waals surface area contributed by atoms with Crippen LogP contribution in [-0.4, -0.2) is 41.0 Å². The molecule has 6 nitrogen and oxygen atoms in total. The van der Waals surface area contributed by atoms with Crippen LogP contribution in [-0.2, 0) is 11.3 Å². The number of carbonyl (C=O) groups is 1. The third-order valence-corrected chi connectivity index (χ3v) is 4.96. The van der Waals surface area contributed by atoms with E-state index in [0.717, 1.165) is 13.1 Å². The molecule has 0 radical (unpaired) electrons. The number of methoxy groups -OCH3 is 1. The van der Waals surface area contributed by atoms with Gasteiger partial charge in [0.15, 0.2) is 0 Å². The average molecular weight is 307 g/mol. The van der Waals surface area contributed by atoms with Crippen LogP contribution < -0.4 is 5.56 Å². The highest BCUT2D eigenvalue weighted by molar-refractivity contribution is 7.20. The third-order valence-electron chi connectivity index (χ3n) is 3.79. The molecule has 0 amide bonds. The van der Waals surface area contributed by atoms with Crippen molar-refractivity contribution in [2.24, 2.45) is 0 Å². The Hall–Kier alpha value is -1.73. The van der Waals surface area contributed by atoms with Gasteiger partial charge in [0, 0.05) is 0 Å². The molecule has 1 aliphatic rings. The van der Waals surface area contributed by atoms with E-state index in [2.05, 4.69) is 14.9 Å². The van der Waals surface area contributed by atoms with Gasteiger partial charge in [0.1, 0.15) is 15.5 Å². The van der Waals surface area contributed by atoms with Crippen molar-refractivity contribution in [3.63, 3.8) is 0 Å². The fourth-order valence-corrected chi connectivity index (χ4v) is 3.82. The van der Waals surface area contributed by atoms with Gasteiger partial charge in [0.25, 0.3) is 5.56 Å². The quantitative estimate of drug-likeness (QED) is 0.873. The molecule has 1 aliphatic heterocycles. The fourth-order valence-electron chi connectivity index (χ4n) is 2.70. The van der Waals surface area contributed by atoms with E-state index in [1.165, 1.54) is 31.3 Å². The number of nitrogens with one attached hydrogen (secondary N) is 1. The average Bonchev–Trinajstić information content (AvgIpc) is 3.06. The summed E-state index contributed by atoms with van der Waals surface area (Å²) in [6.45, 7) is 4.48. The molecule has 0 aliphatic carbocycles. The molecular weight excluding hydrogens is 290 g/mol. The molecule has 0 spiro atoms. The van der Waals surface area contributed by atoms with Crippen LogP contribution in [0.1, 0.15) is 33.9 Å². The number of rotatable bonds is 3. The summed E-state index contributed by atoms with van der Waals surface area (Å²) in [4.78, 5) is 34.6. The lowest BCUT2D eigenvalue weighted by atomic mass is 10.2. The van der Waals surface area contributed by atoms with Crippen LogP contribution in [0.3, 0.4) is 0 Å². The highest BCUT2D eigenvalue weighted by atomic mass is 32.1. The summed E-state index contributed by atoms with van der Waals surface area (Å²) in [6, 6.07) is 0. The Bertz CT molecular complexity index is 744. The van der Waals surface area contributed by atoms with Crippen molar-refractivity contribution in [3.05, 3.63) is 26.6 Å². The maximum atomic E-state index is 12.3. The van der Waals surface area contributed by atoms with E-state index in [4.69, 9.17) is 4.74 Å². The molecule has 1 saturated heterocycles. The minimum absolute atomic E-state index is 0.182. The predicted octanol–water partition coefficient (Wildman–Crippen LogP) is 1.68. The first-order chi connectivity index (χ1) is 10.1. The van der Waals surface area contributed by atoms with Crippen molar-refractivity contribution < 1.29 is 9.53 Å². The number of hydrogen-bond donors (Lipinski definition) is 1. The number of hydrogen-bond acceptors (Lipinski definition) is 6. The van der Waals surface area contributed by atoms with Gasteiger partial charge in [-0.25, -0.2) is 9.78 Å². The standard InChI is InChI=1S/C14H17N3O3S/c1-8-10-12(18)15-9(7-17-5-3-4-6-17)16-13(10)21-11(8)14(19)20-2/h3-7H2,1-2H3,(H,15,16,18). The zero-order chi connectivity index (χ0) is 15.0. The normalized spacial score (nSPS) is 15.7. The number of aryl methyl sites for hydroxylation is 1. The number of esters is 1. The number of nitrogens with zero attached hydrogens (tertiary/aromatic N) is 2. The van der Waals surface area contributed by atoms with Crippen molar-refractivity contribution in [1.82, 2.24) is 14.9 Å². The number of H-pyrrole nitrogens is 1. The molecule has 112 valence electrons. The van der Waals surface area contributed by atoms with E-state index in [9.17, 15) is 9.59 Å². The van der Waals surface area contributed by atoms with Gasteiger partial charge in [-0.1, -0.05) is 0 Å². The summed E-state index contributed by atoms with van der Waals surface area (Å²) >= 11 is 1.22. The Kier molecular flexibility index (Phi) is 3.77. The molecule has 0 aromatic carbocycles. The van der Waals surface area contributed by atoms with Crippen LogP contribution in [0.4, 0.5) is 0 Å². The van der Waals surface area contributed by atoms with Gasteiger partial charge < -0.3 is 9.72 Å². The maximum Gasteiger partial charge on any atom is 0.348 e. The summed E-state index contributed by atoms with van der Waals surface area (Å²) < 4.78 is 4.75. The number of thiophene rings is 1. The molecule has 1 N–H and O–H groups in total. The van der Waals surface area contributed by atoms with Crippen LogP contribution in [0.15, 0.2) is 4.79 Å². The van der Waals surface area contributed by atoms with E-state index in [-0.39, 0.29) is 5.56 Å². The van der Waals surface area contributed by atoms with Crippen LogP contribution in [0, 0.1) is 6.92 Å². The molecule has 0 saturated carbocycles. The van der Waals surface area contributed by atoms with Crippen molar-refractivity contribution in [1.29, 1.82) is 0 Å². The van der Waals surface area contributed by atoms with Gasteiger partial charge in [0.2, 0.25) is 0 Å². The van der Waals surface area contributed by atoms with E-state index < -0.39 is 5.97 Å². The summed E-state index contributed by atoms with van der Waals surface area (Å²) in [5, 5.41) is 0.491. The second kappa shape index (κ2) is 5.57. The Morgan fingerprint density at radius 2 is 2.14 bits per heavy atom. The van der Waals surface area contributed by atoms with Crippen LogP contribution in [0.25, 0.3) is 10.2 Å². The summed E-state index contributed by atoms with van der Waals surface area (Å²) in [5.41, 5.74) is 0.460. The molecule has 2 aromatic heterocycles. The highest BCUT2D eigenvalue weighted by Crippen LogP contribution is 2.27. The molecule has 7 heteroatoms. The van der Waals surface area contributed by atoms with Gasteiger partial charge in [-0.05, 0) is 38.4 Å². The number of fused-ring (bicyclic) bond motifs is 1. The predicted molar refractivity (Wildman–Crippen MR) is 80.8 cm³/mol. The monoisotopic (exact) mass is 307 g/mol. The molecule has 0 atom stereocenters. The topological polar surface area (TPSA) is 75.3 Å². The largest absolute Gasteiger partial charge is 0.465 e. The van der Waals surface area contributed by atoms with Crippen LogP contribution in [0.2, 0.25) is 0 Å². The lowest BCUT2D eigenvalue weighted by Gasteiger charge is -2.13. The summed E-state index contributed by atoms with van der Waals surface area (Å²) in [7, 11) is 1.34. The lowest BCUT2D eigenvalue weighted by molar-refractivity contribution is 0.0605. The van der Waals surface area contributed by atoms with Gasteiger partial charge in [-0.15, -0.1) is 11.3 Å².